The molecule has 0 saturated carbocycles. The van der Waals surface area contributed by atoms with E-state index in [2.05, 4.69) is 75.0 Å². The molecule has 0 fully saturated rings. The first kappa shape index (κ1) is 22.7. The molecule has 1 unspecified atom stereocenters. The summed E-state index contributed by atoms with van der Waals surface area (Å²) in [6.45, 7) is 9.38. The quantitative estimate of drug-likeness (QED) is 0.373. The van der Waals surface area contributed by atoms with Crippen molar-refractivity contribution in [1.29, 1.82) is 0 Å². The van der Waals surface area contributed by atoms with Crippen molar-refractivity contribution < 1.29 is 14.3 Å². The zero-order valence-corrected chi connectivity index (χ0v) is 20.4. The van der Waals surface area contributed by atoms with E-state index in [1.807, 2.05) is 6.07 Å². The fourth-order valence-corrected chi connectivity index (χ4v) is 5.33. The summed E-state index contributed by atoms with van der Waals surface area (Å²) < 4.78 is 15.6. The SMILES string of the molecule is CCN1c2cc(F)c(/C=N\NC(=O)c3cc(Br)c(O)c(Br)c3)cc2C(C)CC1(C)C. The number of fused-ring (bicyclic) bond motifs is 1. The zero-order valence-electron chi connectivity index (χ0n) is 17.3. The number of carbonyl (C=O) groups excluding carboxylic acids is 1. The Morgan fingerprint density at radius 3 is 2.57 bits per heavy atom. The van der Waals surface area contributed by atoms with Gasteiger partial charge in [-0.05, 0) is 94.8 Å². The maximum Gasteiger partial charge on any atom is 0.271 e. The van der Waals surface area contributed by atoms with E-state index in [0.717, 1.165) is 24.2 Å². The highest BCUT2D eigenvalue weighted by Gasteiger charge is 2.36. The van der Waals surface area contributed by atoms with E-state index in [1.165, 1.54) is 18.3 Å². The van der Waals surface area contributed by atoms with Crippen LogP contribution in [0, 0.1) is 5.82 Å². The van der Waals surface area contributed by atoms with Gasteiger partial charge in [0.05, 0.1) is 15.2 Å². The number of anilines is 1. The number of phenols is 1. The van der Waals surface area contributed by atoms with Crippen molar-refractivity contribution in [3.8, 4) is 5.75 Å². The number of hydrazone groups is 1. The molecular formula is C22H24Br2FN3O2. The molecule has 0 bridgehead atoms. The Kier molecular flexibility index (Phi) is 6.57. The number of benzene rings is 2. The Morgan fingerprint density at radius 2 is 1.97 bits per heavy atom. The largest absolute Gasteiger partial charge is 0.506 e. The molecule has 1 aliphatic rings. The van der Waals surface area contributed by atoms with E-state index < -0.39 is 5.91 Å². The first-order valence-corrected chi connectivity index (χ1v) is 11.3. The van der Waals surface area contributed by atoms with Crippen molar-refractivity contribution in [3.05, 3.63) is 55.7 Å². The number of amides is 1. The molecule has 0 radical (unpaired) electrons. The maximum absolute atomic E-state index is 14.8. The van der Waals surface area contributed by atoms with Gasteiger partial charge in [-0.15, -0.1) is 0 Å². The highest BCUT2D eigenvalue weighted by atomic mass is 79.9. The number of nitrogens with zero attached hydrogens (tertiary/aromatic N) is 2. The lowest BCUT2D eigenvalue weighted by Crippen LogP contribution is -2.48. The summed E-state index contributed by atoms with van der Waals surface area (Å²) in [6.07, 6.45) is 2.29. The highest BCUT2D eigenvalue weighted by molar-refractivity contribution is 9.11. The number of hydrogen-bond donors (Lipinski definition) is 2. The molecule has 160 valence electrons. The standard InChI is InChI=1S/C22H24Br2FN3O2/c1-5-28-19-9-18(25)14(6-15(19)12(2)10-22(28,3)4)11-26-27-21(30)13-7-16(23)20(29)17(24)8-13/h6-9,11-12,29H,5,10H2,1-4H3,(H,27,30)/b26-11-. The van der Waals surface area contributed by atoms with Crippen molar-refractivity contribution in [1.82, 2.24) is 5.43 Å². The van der Waals surface area contributed by atoms with Gasteiger partial charge in [0, 0.05) is 28.9 Å². The number of aromatic hydroxyl groups is 1. The van der Waals surface area contributed by atoms with Crippen LogP contribution in [0.3, 0.4) is 0 Å². The van der Waals surface area contributed by atoms with Gasteiger partial charge >= 0.3 is 0 Å². The monoisotopic (exact) mass is 539 g/mol. The zero-order chi connectivity index (χ0) is 22.2. The molecular weight excluding hydrogens is 517 g/mol. The highest BCUT2D eigenvalue weighted by Crippen LogP contribution is 2.43. The Hall–Kier alpha value is -1.93. The molecule has 2 N–H and O–H groups in total. The lowest BCUT2D eigenvalue weighted by Gasteiger charge is -2.47. The summed E-state index contributed by atoms with van der Waals surface area (Å²) in [5, 5.41) is 13.7. The number of hydrogen-bond acceptors (Lipinski definition) is 4. The van der Waals surface area contributed by atoms with Gasteiger partial charge in [-0.2, -0.15) is 5.10 Å². The van der Waals surface area contributed by atoms with Crippen LogP contribution in [0.25, 0.3) is 0 Å². The molecule has 2 aromatic carbocycles. The van der Waals surface area contributed by atoms with E-state index in [0.29, 0.717) is 20.1 Å². The fourth-order valence-electron chi connectivity index (χ4n) is 4.14. The minimum Gasteiger partial charge on any atom is -0.506 e. The summed E-state index contributed by atoms with van der Waals surface area (Å²) in [5.74, 6) is -0.569. The first-order valence-electron chi connectivity index (χ1n) is 9.67. The van der Waals surface area contributed by atoms with Gasteiger partial charge in [-0.1, -0.05) is 6.92 Å². The number of halogens is 3. The minimum absolute atomic E-state index is 0.00426. The second kappa shape index (κ2) is 8.67. The van der Waals surface area contributed by atoms with Crippen molar-refractivity contribution in [2.75, 3.05) is 11.4 Å². The average molecular weight is 541 g/mol. The van der Waals surface area contributed by atoms with Crippen molar-refractivity contribution in [3.63, 3.8) is 0 Å². The van der Waals surface area contributed by atoms with E-state index in [1.54, 1.807) is 6.07 Å². The molecule has 0 saturated heterocycles. The number of phenolic OH excluding ortho intramolecular Hbond substituents is 1. The third kappa shape index (κ3) is 4.39. The molecule has 1 aliphatic heterocycles. The van der Waals surface area contributed by atoms with Gasteiger partial charge < -0.3 is 10.0 Å². The van der Waals surface area contributed by atoms with Gasteiger partial charge in [0.1, 0.15) is 11.6 Å². The van der Waals surface area contributed by atoms with Crippen molar-refractivity contribution in [2.24, 2.45) is 5.10 Å². The predicted molar refractivity (Wildman–Crippen MR) is 125 cm³/mol. The Labute approximate surface area is 192 Å². The Morgan fingerprint density at radius 1 is 1.33 bits per heavy atom. The van der Waals surface area contributed by atoms with Crippen LogP contribution >= 0.6 is 31.9 Å². The van der Waals surface area contributed by atoms with Gasteiger partial charge in [0.25, 0.3) is 5.91 Å². The molecule has 0 aromatic heterocycles. The minimum atomic E-state index is -0.474. The van der Waals surface area contributed by atoms with Crippen LogP contribution in [0.15, 0.2) is 38.3 Å². The second-order valence-corrected chi connectivity index (χ2v) is 9.79. The summed E-state index contributed by atoms with van der Waals surface area (Å²) >= 11 is 6.37. The lowest BCUT2D eigenvalue weighted by atomic mass is 9.79. The summed E-state index contributed by atoms with van der Waals surface area (Å²) in [4.78, 5) is 14.6. The van der Waals surface area contributed by atoms with E-state index in [9.17, 15) is 14.3 Å². The molecule has 3 rings (SSSR count). The smallest absolute Gasteiger partial charge is 0.271 e. The maximum atomic E-state index is 14.8. The van der Waals surface area contributed by atoms with Gasteiger partial charge in [-0.25, -0.2) is 9.82 Å². The van der Waals surface area contributed by atoms with Crippen LogP contribution in [0.1, 0.15) is 61.5 Å². The van der Waals surface area contributed by atoms with Gasteiger partial charge in [-0.3, -0.25) is 4.79 Å². The predicted octanol–water partition coefficient (Wildman–Crippen LogP) is 5.93. The number of carbonyl (C=O) groups is 1. The molecule has 1 atom stereocenters. The lowest BCUT2D eigenvalue weighted by molar-refractivity contribution is 0.0955. The third-order valence-electron chi connectivity index (χ3n) is 5.47. The number of nitrogens with one attached hydrogen (secondary N) is 1. The van der Waals surface area contributed by atoms with E-state index >= 15 is 0 Å². The average Bonchev–Trinajstić information content (AvgIpc) is 2.66. The third-order valence-corrected chi connectivity index (χ3v) is 6.68. The number of rotatable bonds is 4. The summed E-state index contributed by atoms with van der Waals surface area (Å²) in [5.41, 5.74) is 4.98. The Bertz CT molecular complexity index is 1000. The van der Waals surface area contributed by atoms with Crippen LogP contribution in [0.4, 0.5) is 10.1 Å². The Balaban J connectivity index is 1.83. The molecule has 1 heterocycles. The van der Waals surface area contributed by atoms with Crippen molar-refractivity contribution in [2.45, 2.75) is 45.6 Å². The first-order chi connectivity index (χ1) is 14.0. The molecule has 0 spiro atoms. The molecule has 30 heavy (non-hydrogen) atoms. The van der Waals surface area contributed by atoms with Crippen LogP contribution in [-0.2, 0) is 0 Å². The topological polar surface area (TPSA) is 64.9 Å². The normalized spacial score (nSPS) is 17.8. The van der Waals surface area contributed by atoms with Crippen LogP contribution in [0.5, 0.6) is 5.75 Å². The molecule has 0 aliphatic carbocycles. The van der Waals surface area contributed by atoms with Crippen LogP contribution in [-0.4, -0.2) is 29.3 Å². The van der Waals surface area contributed by atoms with Crippen LogP contribution in [0.2, 0.25) is 0 Å². The van der Waals surface area contributed by atoms with Crippen molar-refractivity contribution >= 4 is 49.7 Å². The molecule has 1 amide bonds. The second-order valence-electron chi connectivity index (χ2n) is 8.08. The van der Waals surface area contributed by atoms with Gasteiger partial charge in [0.2, 0.25) is 0 Å². The molecule has 5 nitrogen and oxygen atoms in total. The molecule has 8 heteroatoms. The van der Waals surface area contributed by atoms with Gasteiger partial charge in [0.15, 0.2) is 0 Å². The molecule has 2 aromatic rings. The van der Waals surface area contributed by atoms with E-state index in [-0.39, 0.29) is 23.0 Å². The van der Waals surface area contributed by atoms with E-state index in [4.69, 9.17) is 0 Å². The summed E-state index contributed by atoms with van der Waals surface area (Å²) in [6, 6.07) is 6.34. The van der Waals surface area contributed by atoms with Crippen LogP contribution < -0.4 is 10.3 Å². The summed E-state index contributed by atoms with van der Waals surface area (Å²) in [7, 11) is 0. The fraction of sp³-hybridized carbons (Fsp3) is 0.364.